The highest BCUT2D eigenvalue weighted by Crippen LogP contribution is 2.39. The predicted molar refractivity (Wildman–Crippen MR) is 71.7 cm³/mol. The van der Waals surface area contributed by atoms with Gasteiger partial charge in [0.2, 0.25) is 0 Å². The van der Waals surface area contributed by atoms with Crippen LogP contribution in [0.15, 0.2) is 22.7 Å². The molecule has 6 heteroatoms. The summed E-state index contributed by atoms with van der Waals surface area (Å²) in [6.07, 6.45) is 0.888. The Bertz CT molecular complexity index is 583. The van der Waals surface area contributed by atoms with Gasteiger partial charge >= 0.3 is 0 Å². The van der Waals surface area contributed by atoms with Gasteiger partial charge in [0.15, 0.2) is 11.5 Å². The van der Waals surface area contributed by atoms with Crippen molar-refractivity contribution in [1.82, 2.24) is 10.2 Å². The number of fused-ring (bicyclic) bond motifs is 1. The van der Waals surface area contributed by atoms with Gasteiger partial charge in [-0.05, 0) is 28.1 Å². The van der Waals surface area contributed by atoms with E-state index in [1.165, 1.54) is 0 Å². The number of rotatable bonds is 1. The molecule has 94 valence electrons. The maximum absolute atomic E-state index is 5.66. The Balaban J connectivity index is 2.08. The predicted octanol–water partition coefficient (Wildman–Crippen LogP) is 2.58. The zero-order valence-electron chi connectivity index (χ0n) is 9.57. The molecular weight excluding hydrogens is 298 g/mol. The molecule has 1 aliphatic heterocycles. The molecule has 3 rings (SSSR count). The van der Waals surface area contributed by atoms with Crippen LogP contribution in [0, 0.1) is 0 Å². The molecule has 5 nitrogen and oxygen atoms in total. The van der Waals surface area contributed by atoms with E-state index in [-0.39, 0.29) is 0 Å². The molecule has 0 saturated carbocycles. The van der Waals surface area contributed by atoms with E-state index >= 15 is 0 Å². The first-order chi connectivity index (χ1) is 8.74. The largest absolute Gasteiger partial charge is 0.490 e. The standard InChI is InChI=1S/C12H12BrN3O2/c13-8-5-11-10(17-2-1-3-18-11)4-7(8)9-6-12(14)16-15-9/h4-6H,1-3H2,(H3,14,15,16). The molecule has 0 radical (unpaired) electrons. The van der Waals surface area contributed by atoms with Crippen molar-refractivity contribution in [1.29, 1.82) is 0 Å². The van der Waals surface area contributed by atoms with E-state index in [0.717, 1.165) is 33.6 Å². The number of benzene rings is 1. The molecule has 0 fully saturated rings. The smallest absolute Gasteiger partial charge is 0.162 e. The first kappa shape index (κ1) is 11.4. The van der Waals surface area contributed by atoms with E-state index in [0.29, 0.717) is 19.0 Å². The Hall–Kier alpha value is -1.69. The summed E-state index contributed by atoms with van der Waals surface area (Å²) in [4.78, 5) is 0. The molecule has 0 unspecified atom stereocenters. The molecule has 0 aliphatic carbocycles. The zero-order valence-corrected chi connectivity index (χ0v) is 11.2. The van der Waals surface area contributed by atoms with Crippen molar-refractivity contribution >= 4 is 21.7 Å². The number of aromatic amines is 1. The van der Waals surface area contributed by atoms with Crippen LogP contribution in [0.1, 0.15) is 6.42 Å². The van der Waals surface area contributed by atoms with Crippen molar-refractivity contribution in [2.45, 2.75) is 6.42 Å². The normalized spacial score (nSPS) is 14.3. The number of nitrogens with one attached hydrogen (secondary N) is 1. The average molecular weight is 310 g/mol. The molecule has 2 aromatic rings. The van der Waals surface area contributed by atoms with E-state index in [1.54, 1.807) is 6.07 Å². The van der Waals surface area contributed by atoms with Crippen molar-refractivity contribution in [3.05, 3.63) is 22.7 Å². The van der Waals surface area contributed by atoms with Crippen LogP contribution in [-0.4, -0.2) is 23.4 Å². The summed E-state index contributed by atoms with van der Waals surface area (Å²) in [5.41, 5.74) is 7.41. The van der Waals surface area contributed by atoms with Gasteiger partial charge < -0.3 is 15.2 Å². The van der Waals surface area contributed by atoms with Gasteiger partial charge in [0.05, 0.1) is 18.9 Å². The lowest BCUT2D eigenvalue weighted by Crippen LogP contribution is -1.97. The molecule has 0 bridgehead atoms. The molecule has 0 saturated heterocycles. The Morgan fingerprint density at radius 1 is 1.17 bits per heavy atom. The van der Waals surface area contributed by atoms with Crippen LogP contribution >= 0.6 is 15.9 Å². The highest BCUT2D eigenvalue weighted by atomic mass is 79.9. The van der Waals surface area contributed by atoms with Crippen molar-refractivity contribution in [2.75, 3.05) is 18.9 Å². The molecule has 0 amide bonds. The van der Waals surface area contributed by atoms with Crippen LogP contribution < -0.4 is 15.2 Å². The molecule has 1 aliphatic rings. The monoisotopic (exact) mass is 309 g/mol. The van der Waals surface area contributed by atoms with E-state index in [4.69, 9.17) is 15.2 Å². The molecule has 2 heterocycles. The third-order valence-corrected chi connectivity index (χ3v) is 3.38. The summed E-state index contributed by atoms with van der Waals surface area (Å²) in [5, 5.41) is 6.81. The minimum absolute atomic E-state index is 0.462. The summed E-state index contributed by atoms with van der Waals surface area (Å²) < 4.78 is 12.2. The molecule has 1 aromatic heterocycles. The van der Waals surface area contributed by atoms with Crippen molar-refractivity contribution in [3.63, 3.8) is 0 Å². The Morgan fingerprint density at radius 3 is 2.56 bits per heavy atom. The average Bonchev–Trinajstić information content (AvgIpc) is 2.65. The van der Waals surface area contributed by atoms with Crippen LogP contribution in [0.2, 0.25) is 0 Å². The summed E-state index contributed by atoms with van der Waals surface area (Å²) in [6, 6.07) is 5.62. The SMILES string of the molecule is Nc1cc(-c2cc3c(cc2Br)OCCCO3)[nH]n1. The maximum atomic E-state index is 5.66. The number of hydrogen-bond acceptors (Lipinski definition) is 4. The summed E-state index contributed by atoms with van der Waals surface area (Å²) in [6.45, 7) is 1.34. The number of hydrogen-bond donors (Lipinski definition) is 2. The van der Waals surface area contributed by atoms with E-state index < -0.39 is 0 Å². The van der Waals surface area contributed by atoms with Crippen molar-refractivity contribution < 1.29 is 9.47 Å². The molecule has 0 spiro atoms. The number of ether oxygens (including phenoxy) is 2. The van der Waals surface area contributed by atoms with E-state index in [9.17, 15) is 0 Å². The van der Waals surface area contributed by atoms with Crippen molar-refractivity contribution in [2.24, 2.45) is 0 Å². The minimum Gasteiger partial charge on any atom is -0.490 e. The summed E-state index contributed by atoms with van der Waals surface area (Å²) in [5.74, 6) is 1.97. The second-order valence-electron chi connectivity index (χ2n) is 4.04. The van der Waals surface area contributed by atoms with Crippen LogP contribution in [-0.2, 0) is 0 Å². The number of H-pyrrole nitrogens is 1. The molecule has 1 aromatic carbocycles. The number of nitrogens with two attached hydrogens (primary N) is 1. The quantitative estimate of drug-likeness (QED) is 0.849. The second kappa shape index (κ2) is 4.53. The van der Waals surface area contributed by atoms with Gasteiger partial charge in [0.25, 0.3) is 0 Å². The van der Waals surface area contributed by atoms with Gasteiger partial charge in [-0.25, -0.2) is 0 Å². The van der Waals surface area contributed by atoms with Gasteiger partial charge in [-0.2, -0.15) is 5.10 Å². The fraction of sp³-hybridized carbons (Fsp3) is 0.250. The number of halogens is 1. The number of aromatic nitrogens is 2. The molecule has 0 atom stereocenters. The van der Waals surface area contributed by atoms with Crippen LogP contribution in [0.4, 0.5) is 5.82 Å². The lowest BCUT2D eigenvalue weighted by Gasteiger charge is -2.10. The lowest BCUT2D eigenvalue weighted by atomic mass is 10.1. The third kappa shape index (κ3) is 2.03. The molecule has 18 heavy (non-hydrogen) atoms. The minimum atomic E-state index is 0.462. The topological polar surface area (TPSA) is 73.2 Å². The van der Waals surface area contributed by atoms with Gasteiger partial charge in [-0.3, -0.25) is 5.10 Å². The van der Waals surface area contributed by atoms with E-state index in [1.807, 2.05) is 12.1 Å². The van der Waals surface area contributed by atoms with Crippen LogP contribution in [0.3, 0.4) is 0 Å². The van der Waals surface area contributed by atoms with Crippen LogP contribution in [0.5, 0.6) is 11.5 Å². The summed E-state index contributed by atoms with van der Waals surface area (Å²) >= 11 is 3.52. The Kier molecular flexibility index (Phi) is 2.87. The fourth-order valence-electron chi connectivity index (χ4n) is 1.87. The van der Waals surface area contributed by atoms with Gasteiger partial charge in [-0.15, -0.1) is 0 Å². The highest BCUT2D eigenvalue weighted by molar-refractivity contribution is 9.10. The Labute approximate surface area is 112 Å². The number of nitrogen functional groups attached to an aromatic ring is 1. The second-order valence-corrected chi connectivity index (χ2v) is 4.89. The lowest BCUT2D eigenvalue weighted by molar-refractivity contribution is 0.297. The van der Waals surface area contributed by atoms with Crippen molar-refractivity contribution in [3.8, 4) is 22.8 Å². The highest BCUT2D eigenvalue weighted by Gasteiger charge is 2.15. The molecule has 3 N–H and O–H groups in total. The van der Waals surface area contributed by atoms with Gasteiger partial charge in [0, 0.05) is 22.5 Å². The van der Waals surface area contributed by atoms with Gasteiger partial charge in [0.1, 0.15) is 5.82 Å². The van der Waals surface area contributed by atoms with Gasteiger partial charge in [-0.1, -0.05) is 0 Å². The first-order valence-electron chi connectivity index (χ1n) is 5.64. The van der Waals surface area contributed by atoms with E-state index in [2.05, 4.69) is 26.1 Å². The number of anilines is 1. The summed E-state index contributed by atoms with van der Waals surface area (Å²) in [7, 11) is 0. The maximum Gasteiger partial charge on any atom is 0.162 e. The fourth-order valence-corrected chi connectivity index (χ4v) is 2.40. The first-order valence-corrected chi connectivity index (χ1v) is 6.44. The molecular formula is C12H12BrN3O2. The Morgan fingerprint density at radius 2 is 1.89 bits per heavy atom. The van der Waals surface area contributed by atoms with Crippen LogP contribution in [0.25, 0.3) is 11.3 Å². The third-order valence-electron chi connectivity index (χ3n) is 2.73. The number of nitrogens with zero attached hydrogens (tertiary/aromatic N) is 1. The zero-order chi connectivity index (χ0) is 12.5.